The number of carbonyl (C=O) groups excluding carboxylic acids is 1. The second kappa shape index (κ2) is 4.69. The van der Waals surface area contributed by atoms with E-state index in [1.807, 2.05) is 24.3 Å². The predicted molar refractivity (Wildman–Crippen MR) is 63.8 cm³/mol. The largest absolute Gasteiger partial charge is 0.496 e. The van der Waals surface area contributed by atoms with Crippen molar-refractivity contribution < 1.29 is 9.53 Å². The summed E-state index contributed by atoms with van der Waals surface area (Å²) in [7, 11) is 1.66. The van der Waals surface area contributed by atoms with Crippen molar-refractivity contribution >= 4 is 5.78 Å². The lowest BCUT2D eigenvalue weighted by Crippen LogP contribution is -2.22. The van der Waals surface area contributed by atoms with Crippen LogP contribution in [-0.2, 0) is 4.79 Å². The third-order valence-electron chi connectivity index (χ3n) is 3.42. The van der Waals surface area contributed by atoms with Crippen LogP contribution in [0.4, 0.5) is 0 Å². The van der Waals surface area contributed by atoms with E-state index < -0.39 is 0 Å². The molecule has 2 nitrogen and oxygen atoms in total. The Kier molecular flexibility index (Phi) is 3.28. The SMILES string of the molecule is COc1ccccc1C1CC(C)CCC1=O. The topological polar surface area (TPSA) is 26.3 Å². The van der Waals surface area contributed by atoms with Crippen LogP contribution in [0.15, 0.2) is 24.3 Å². The van der Waals surface area contributed by atoms with Crippen LogP contribution in [-0.4, -0.2) is 12.9 Å². The molecule has 0 spiro atoms. The molecule has 1 fully saturated rings. The van der Waals surface area contributed by atoms with Gasteiger partial charge in [-0.1, -0.05) is 25.1 Å². The second-order valence-electron chi connectivity index (χ2n) is 4.64. The van der Waals surface area contributed by atoms with Gasteiger partial charge < -0.3 is 4.74 Å². The van der Waals surface area contributed by atoms with Crippen LogP contribution in [0.25, 0.3) is 0 Å². The molecule has 0 radical (unpaired) electrons. The van der Waals surface area contributed by atoms with E-state index >= 15 is 0 Å². The van der Waals surface area contributed by atoms with E-state index in [9.17, 15) is 4.79 Å². The smallest absolute Gasteiger partial charge is 0.140 e. The zero-order chi connectivity index (χ0) is 11.5. The molecule has 0 aliphatic heterocycles. The average Bonchev–Trinajstić information content (AvgIpc) is 2.32. The second-order valence-corrected chi connectivity index (χ2v) is 4.64. The first kappa shape index (κ1) is 11.2. The minimum absolute atomic E-state index is 0.0416. The van der Waals surface area contributed by atoms with Gasteiger partial charge in [0.2, 0.25) is 0 Å². The predicted octanol–water partition coefficient (Wildman–Crippen LogP) is 3.17. The van der Waals surface area contributed by atoms with Crippen LogP contribution < -0.4 is 4.74 Å². The molecule has 1 aliphatic rings. The van der Waals surface area contributed by atoms with E-state index in [1.54, 1.807) is 7.11 Å². The van der Waals surface area contributed by atoms with Crippen LogP contribution in [0, 0.1) is 5.92 Å². The van der Waals surface area contributed by atoms with Crippen molar-refractivity contribution in [3.8, 4) is 5.75 Å². The monoisotopic (exact) mass is 218 g/mol. The molecule has 0 bridgehead atoms. The first-order valence-electron chi connectivity index (χ1n) is 5.88. The molecule has 0 heterocycles. The highest BCUT2D eigenvalue weighted by molar-refractivity contribution is 5.87. The highest BCUT2D eigenvalue weighted by Gasteiger charge is 2.29. The van der Waals surface area contributed by atoms with Gasteiger partial charge in [-0.3, -0.25) is 4.79 Å². The highest BCUT2D eigenvalue weighted by atomic mass is 16.5. The zero-order valence-corrected chi connectivity index (χ0v) is 9.90. The number of Topliss-reactive ketones (excluding diaryl/α,β-unsaturated/α-hetero) is 1. The summed E-state index contributed by atoms with van der Waals surface area (Å²) >= 11 is 0. The maximum atomic E-state index is 12.0. The Morgan fingerprint density at radius 2 is 2.06 bits per heavy atom. The summed E-state index contributed by atoms with van der Waals surface area (Å²) in [6.45, 7) is 2.22. The number of benzene rings is 1. The Labute approximate surface area is 96.6 Å². The normalized spacial score (nSPS) is 25.5. The molecule has 0 amide bonds. The molecule has 1 saturated carbocycles. The van der Waals surface area contributed by atoms with Crippen LogP contribution in [0.5, 0.6) is 5.75 Å². The lowest BCUT2D eigenvalue weighted by molar-refractivity contribution is -0.122. The molecule has 0 aromatic heterocycles. The van der Waals surface area contributed by atoms with Gasteiger partial charge in [0.1, 0.15) is 11.5 Å². The van der Waals surface area contributed by atoms with Gasteiger partial charge in [0, 0.05) is 17.9 Å². The van der Waals surface area contributed by atoms with Gasteiger partial charge in [0.05, 0.1) is 7.11 Å². The van der Waals surface area contributed by atoms with Crippen LogP contribution in [0.1, 0.15) is 37.7 Å². The minimum atomic E-state index is 0.0416. The highest BCUT2D eigenvalue weighted by Crippen LogP contribution is 2.37. The summed E-state index contributed by atoms with van der Waals surface area (Å²) in [4.78, 5) is 12.0. The molecule has 1 aliphatic carbocycles. The number of rotatable bonds is 2. The molecule has 1 aromatic carbocycles. The van der Waals surface area contributed by atoms with Crippen molar-refractivity contribution in [3.05, 3.63) is 29.8 Å². The quantitative estimate of drug-likeness (QED) is 0.762. The molecule has 2 atom stereocenters. The molecular weight excluding hydrogens is 200 g/mol. The van der Waals surface area contributed by atoms with E-state index in [1.165, 1.54) is 0 Å². The summed E-state index contributed by atoms with van der Waals surface area (Å²) < 4.78 is 5.33. The Morgan fingerprint density at radius 1 is 1.31 bits per heavy atom. The van der Waals surface area contributed by atoms with Gasteiger partial charge in [-0.2, -0.15) is 0 Å². The van der Waals surface area contributed by atoms with E-state index in [0.29, 0.717) is 18.1 Å². The van der Waals surface area contributed by atoms with Crippen LogP contribution in [0.3, 0.4) is 0 Å². The van der Waals surface area contributed by atoms with E-state index in [2.05, 4.69) is 6.92 Å². The summed E-state index contributed by atoms with van der Waals surface area (Å²) in [5.41, 5.74) is 1.06. The van der Waals surface area contributed by atoms with Crippen molar-refractivity contribution in [2.24, 2.45) is 5.92 Å². The number of para-hydroxylation sites is 1. The van der Waals surface area contributed by atoms with Gasteiger partial charge in [0.15, 0.2) is 0 Å². The lowest BCUT2D eigenvalue weighted by Gasteiger charge is -2.26. The molecule has 0 saturated heterocycles. The molecule has 2 unspecified atom stereocenters. The molecule has 2 heteroatoms. The Hall–Kier alpha value is -1.31. The van der Waals surface area contributed by atoms with Crippen molar-refractivity contribution in [1.29, 1.82) is 0 Å². The maximum absolute atomic E-state index is 12.0. The summed E-state index contributed by atoms with van der Waals surface area (Å²) in [5, 5.41) is 0. The van der Waals surface area contributed by atoms with E-state index in [-0.39, 0.29) is 5.92 Å². The Morgan fingerprint density at radius 3 is 2.81 bits per heavy atom. The fraction of sp³-hybridized carbons (Fsp3) is 0.500. The van der Waals surface area contributed by atoms with Gasteiger partial charge in [-0.25, -0.2) is 0 Å². The van der Waals surface area contributed by atoms with Gasteiger partial charge in [-0.15, -0.1) is 0 Å². The fourth-order valence-corrected chi connectivity index (χ4v) is 2.47. The molecular formula is C14H18O2. The number of carbonyl (C=O) groups is 1. The third kappa shape index (κ3) is 2.11. The van der Waals surface area contributed by atoms with Gasteiger partial charge in [-0.05, 0) is 24.8 Å². The maximum Gasteiger partial charge on any atom is 0.140 e. The number of hydrogen-bond acceptors (Lipinski definition) is 2. The molecule has 86 valence electrons. The van der Waals surface area contributed by atoms with Crippen molar-refractivity contribution in [2.45, 2.75) is 32.1 Å². The molecule has 1 aromatic rings. The first-order valence-corrected chi connectivity index (χ1v) is 5.88. The van der Waals surface area contributed by atoms with Crippen molar-refractivity contribution in [2.75, 3.05) is 7.11 Å². The number of hydrogen-bond donors (Lipinski definition) is 0. The summed E-state index contributed by atoms with van der Waals surface area (Å²) in [5.74, 6) is 1.88. The first-order chi connectivity index (χ1) is 7.72. The van der Waals surface area contributed by atoms with E-state index in [0.717, 1.165) is 24.2 Å². The Balaban J connectivity index is 2.31. The Bertz CT molecular complexity index is 384. The standard InChI is InChI=1S/C14H18O2/c1-10-7-8-13(15)12(9-10)11-5-3-4-6-14(11)16-2/h3-6,10,12H,7-9H2,1-2H3. The fourth-order valence-electron chi connectivity index (χ4n) is 2.47. The zero-order valence-electron chi connectivity index (χ0n) is 9.90. The number of ether oxygens (including phenoxy) is 1. The summed E-state index contributed by atoms with van der Waals surface area (Å²) in [6, 6.07) is 7.87. The van der Waals surface area contributed by atoms with Crippen molar-refractivity contribution in [3.63, 3.8) is 0 Å². The number of ketones is 1. The lowest BCUT2D eigenvalue weighted by atomic mass is 9.77. The molecule has 16 heavy (non-hydrogen) atoms. The number of methoxy groups -OCH3 is 1. The molecule has 2 rings (SSSR count). The van der Waals surface area contributed by atoms with Crippen molar-refractivity contribution in [1.82, 2.24) is 0 Å². The van der Waals surface area contributed by atoms with Crippen LogP contribution >= 0.6 is 0 Å². The minimum Gasteiger partial charge on any atom is -0.496 e. The van der Waals surface area contributed by atoms with E-state index in [4.69, 9.17) is 4.74 Å². The van der Waals surface area contributed by atoms with Gasteiger partial charge in [0.25, 0.3) is 0 Å². The van der Waals surface area contributed by atoms with Gasteiger partial charge >= 0.3 is 0 Å². The van der Waals surface area contributed by atoms with Crippen LogP contribution in [0.2, 0.25) is 0 Å². The summed E-state index contributed by atoms with van der Waals surface area (Å²) in [6.07, 6.45) is 2.70. The molecule has 0 N–H and O–H groups in total. The third-order valence-corrected chi connectivity index (χ3v) is 3.42. The average molecular weight is 218 g/mol.